The van der Waals surface area contributed by atoms with Crippen molar-refractivity contribution in [2.24, 2.45) is 0 Å². The van der Waals surface area contributed by atoms with Crippen molar-refractivity contribution in [1.29, 1.82) is 0 Å². The van der Waals surface area contributed by atoms with E-state index in [0.29, 0.717) is 44.4 Å². The Bertz CT molecular complexity index is 606. The number of benzene rings is 1. The van der Waals surface area contributed by atoms with Crippen molar-refractivity contribution in [3.63, 3.8) is 0 Å². The zero-order valence-corrected chi connectivity index (χ0v) is 11.6. The standard InChI is InChI=1S/C15H18O6/c16-5-6-18-7-8-19-9-10-20-14-11-15(17)21-13-4-2-1-3-12(13)14/h1-4,11,16H,5-10H2. The van der Waals surface area contributed by atoms with Crippen LogP contribution in [-0.2, 0) is 9.47 Å². The van der Waals surface area contributed by atoms with E-state index in [1.54, 1.807) is 12.1 Å². The number of aliphatic hydroxyl groups is 1. The molecule has 0 saturated carbocycles. The summed E-state index contributed by atoms with van der Waals surface area (Å²) >= 11 is 0. The molecule has 0 unspecified atom stereocenters. The first-order valence-corrected chi connectivity index (χ1v) is 6.73. The number of hydrogen-bond acceptors (Lipinski definition) is 6. The van der Waals surface area contributed by atoms with Crippen LogP contribution in [0.3, 0.4) is 0 Å². The maximum Gasteiger partial charge on any atom is 0.339 e. The van der Waals surface area contributed by atoms with Gasteiger partial charge in [-0.25, -0.2) is 4.79 Å². The van der Waals surface area contributed by atoms with Crippen molar-refractivity contribution < 1.29 is 23.7 Å². The molecule has 21 heavy (non-hydrogen) atoms. The molecule has 0 aliphatic heterocycles. The zero-order chi connectivity index (χ0) is 14.9. The monoisotopic (exact) mass is 294 g/mol. The summed E-state index contributed by atoms with van der Waals surface area (Å²) in [5.74, 6) is 0.488. The Labute approximate surface area is 121 Å². The molecule has 2 aromatic rings. The average molecular weight is 294 g/mol. The van der Waals surface area contributed by atoms with Crippen molar-refractivity contribution in [2.75, 3.05) is 39.6 Å². The highest BCUT2D eigenvalue weighted by molar-refractivity contribution is 5.82. The minimum absolute atomic E-state index is 0.00672. The van der Waals surface area contributed by atoms with Crippen LogP contribution in [-0.4, -0.2) is 44.7 Å². The van der Waals surface area contributed by atoms with Gasteiger partial charge in [-0.3, -0.25) is 0 Å². The summed E-state index contributed by atoms with van der Waals surface area (Å²) in [4.78, 5) is 11.4. The molecule has 2 rings (SSSR count). The molecule has 0 fully saturated rings. The Morgan fingerprint density at radius 2 is 1.71 bits per heavy atom. The topological polar surface area (TPSA) is 78.1 Å². The van der Waals surface area contributed by atoms with E-state index >= 15 is 0 Å². The average Bonchev–Trinajstić information content (AvgIpc) is 2.49. The lowest BCUT2D eigenvalue weighted by molar-refractivity contribution is 0.0248. The minimum atomic E-state index is -0.443. The van der Waals surface area contributed by atoms with Gasteiger partial charge in [-0.05, 0) is 12.1 Å². The van der Waals surface area contributed by atoms with Crippen LogP contribution < -0.4 is 10.4 Å². The van der Waals surface area contributed by atoms with Gasteiger partial charge in [0, 0.05) is 0 Å². The van der Waals surface area contributed by atoms with Crippen molar-refractivity contribution in [2.45, 2.75) is 0 Å². The van der Waals surface area contributed by atoms with Gasteiger partial charge in [-0.15, -0.1) is 0 Å². The fraction of sp³-hybridized carbons (Fsp3) is 0.400. The van der Waals surface area contributed by atoms with Crippen LogP contribution in [0.15, 0.2) is 39.5 Å². The van der Waals surface area contributed by atoms with E-state index in [9.17, 15) is 4.79 Å². The molecule has 0 atom stereocenters. The first-order chi connectivity index (χ1) is 10.3. The third kappa shape index (κ3) is 4.86. The SMILES string of the molecule is O=c1cc(OCCOCCOCCO)c2ccccc2o1. The van der Waals surface area contributed by atoms with Crippen LogP contribution in [0.4, 0.5) is 0 Å². The predicted octanol–water partition coefficient (Wildman–Crippen LogP) is 1.20. The van der Waals surface area contributed by atoms with Crippen molar-refractivity contribution >= 4 is 11.0 Å². The number of rotatable bonds is 9. The minimum Gasteiger partial charge on any atom is -0.490 e. The summed E-state index contributed by atoms with van der Waals surface area (Å²) in [6, 6.07) is 8.53. The Kier molecular flexibility index (Phi) is 6.21. The molecule has 0 aliphatic carbocycles. The fourth-order valence-corrected chi connectivity index (χ4v) is 1.80. The van der Waals surface area contributed by atoms with E-state index in [-0.39, 0.29) is 6.61 Å². The third-order valence-corrected chi connectivity index (χ3v) is 2.70. The predicted molar refractivity (Wildman–Crippen MR) is 76.7 cm³/mol. The van der Waals surface area contributed by atoms with E-state index in [0.717, 1.165) is 5.39 Å². The second-order valence-corrected chi connectivity index (χ2v) is 4.22. The molecule has 0 amide bonds. The molecule has 1 aromatic heterocycles. The zero-order valence-electron chi connectivity index (χ0n) is 11.6. The Morgan fingerprint density at radius 1 is 1.00 bits per heavy atom. The molecule has 114 valence electrons. The maximum atomic E-state index is 11.4. The quantitative estimate of drug-likeness (QED) is 0.553. The van der Waals surface area contributed by atoms with E-state index < -0.39 is 5.63 Å². The Hall–Kier alpha value is -1.89. The summed E-state index contributed by atoms with van der Waals surface area (Å²) in [6.45, 7) is 1.89. The normalized spacial score (nSPS) is 10.9. The van der Waals surface area contributed by atoms with E-state index in [1.165, 1.54) is 6.07 Å². The molecular weight excluding hydrogens is 276 g/mol. The van der Waals surface area contributed by atoms with Crippen LogP contribution in [0.5, 0.6) is 5.75 Å². The lowest BCUT2D eigenvalue weighted by Crippen LogP contribution is -2.12. The van der Waals surface area contributed by atoms with Gasteiger partial charge in [0.1, 0.15) is 17.9 Å². The highest BCUT2D eigenvalue weighted by Crippen LogP contribution is 2.22. The summed E-state index contributed by atoms with van der Waals surface area (Å²) < 4.78 is 21.0. The molecule has 0 spiro atoms. The van der Waals surface area contributed by atoms with Gasteiger partial charge in [0.05, 0.1) is 44.5 Å². The second kappa shape index (κ2) is 8.41. The van der Waals surface area contributed by atoms with Gasteiger partial charge in [0.2, 0.25) is 0 Å². The first kappa shape index (κ1) is 15.5. The summed E-state index contributed by atoms with van der Waals surface area (Å²) in [5, 5.41) is 9.28. The maximum absolute atomic E-state index is 11.4. The molecule has 6 heteroatoms. The lowest BCUT2D eigenvalue weighted by Gasteiger charge is -2.09. The number of fused-ring (bicyclic) bond motifs is 1. The summed E-state index contributed by atoms with van der Waals surface area (Å²) in [6.07, 6.45) is 0. The lowest BCUT2D eigenvalue weighted by atomic mass is 10.2. The number of para-hydroxylation sites is 1. The number of hydrogen-bond donors (Lipinski definition) is 1. The highest BCUT2D eigenvalue weighted by Gasteiger charge is 2.05. The van der Waals surface area contributed by atoms with Crippen LogP contribution in [0.1, 0.15) is 0 Å². The van der Waals surface area contributed by atoms with Gasteiger partial charge in [-0.1, -0.05) is 12.1 Å². The molecule has 1 N–H and O–H groups in total. The third-order valence-electron chi connectivity index (χ3n) is 2.70. The van der Waals surface area contributed by atoms with Gasteiger partial charge >= 0.3 is 5.63 Å². The van der Waals surface area contributed by atoms with E-state index in [4.69, 9.17) is 23.7 Å². The Morgan fingerprint density at radius 3 is 2.52 bits per heavy atom. The largest absolute Gasteiger partial charge is 0.490 e. The van der Waals surface area contributed by atoms with Gasteiger partial charge < -0.3 is 23.7 Å². The molecule has 0 saturated heterocycles. The van der Waals surface area contributed by atoms with Crippen LogP contribution in [0, 0.1) is 0 Å². The molecule has 0 bridgehead atoms. The number of ether oxygens (including phenoxy) is 3. The fourth-order valence-electron chi connectivity index (χ4n) is 1.80. The first-order valence-electron chi connectivity index (χ1n) is 6.73. The molecule has 0 radical (unpaired) electrons. The molecule has 0 aliphatic rings. The smallest absolute Gasteiger partial charge is 0.339 e. The van der Waals surface area contributed by atoms with Crippen LogP contribution in [0.2, 0.25) is 0 Å². The Balaban J connectivity index is 1.80. The van der Waals surface area contributed by atoms with E-state index in [2.05, 4.69) is 0 Å². The highest BCUT2D eigenvalue weighted by atomic mass is 16.5. The van der Waals surface area contributed by atoms with Gasteiger partial charge in [0.15, 0.2) is 0 Å². The van der Waals surface area contributed by atoms with Crippen molar-refractivity contribution in [1.82, 2.24) is 0 Å². The molecule has 6 nitrogen and oxygen atoms in total. The van der Waals surface area contributed by atoms with Gasteiger partial charge in [0.25, 0.3) is 0 Å². The summed E-state index contributed by atoms with van der Waals surface area (Å²) in [7, 11) is 0. The molecular formula is C15H18O6. The molecule has 1 heterocycles. The summed E-state index contributed by atoms with van der Waals surface area (Å²) in [5.41, 5.74) is 0.0559. The number of aliphatic hydroxyl groups excluding tert-OH is 1. The van der Waals surface area contributed by atoms with Crippen molar-refractivity contribution in [3.05, 3.63) is 40.8 Å². The van der Waals surface area contributed by atoms with Crippen LogP contribution in [0.25, 0.3) is 11.0 Å². The second-order valence-electron chi connectivity index (χ2n) is 4.22. The van der Waals surface area contributed by atoms with Crippen LogP contribution >= 0.6 is 0 Å². The molecule has 1 aromatic carbocycles. The van der Waals surface area contributed by atoms with E-state index in [1.807, 2.05) is 12.1 Å². The van der Waals surface area contributed by atoms with Crippen molar-refractivity contribution in [3.8, 4) is 5.75 Å². The van der Waals surface area contributed by atoms with Gasteiger partial charge in [-0.2, -0.15) is 0 Å².